The van der Waals surface area contributed by atoms with Crippen LogP contribution in [0.1, 0.15) is 21.5 Å². The lowest BCUT2D eigenvalue weighted by molar-refractivity contribution is -0.385. The van der Waals surface area contributed by atoms with Gasteiger partial charge in [0.1, 0.15) is 0 Å². The molecule has 10 heteroatoms. The van der Waals surface area contributed by atoms with Gasteiger partial charge in [-0.05, 0) is 30.3 Å². The van der Waals surface area contributed by atoms with E-state index in [1.165, 1.54) is 18.2 Å². The minimum absolute atomic E-state index is 0.0405. The number of nitrogens with two attached hydrogens (primary N) is 1. The molecule has 0 aliphatic rings. The molecule has 3 N–H and O–H groups in total. The molecule has 0 saturated heterocycles. The van der Waals surface area contributed by atoms with Crippen molar-refractivity contribution in [2.75, 3.05) is 5.32 Å². The van der Waals surface area contributed by atoms with Gasteiger partial charge >= 0.3 is 6.18 Å². The van der Waals surface area contributed by atoms with Gasteiger partial charge < -0.3 is 11.1 Å². The van der Waals surface area contributed by atoms with Crippen molar-refractivity contribution in [1.82, 2.24) is 0 Å². The number of nitro benzene ring substituents is 1. The Hall–Kier alpha value is -2.81. The second-order valence-electron chi connectivity index (χ2n) is 5.01. The molecule has 2 aromatic rings. The molecule has 0 bridgehead atoms. The highest BCUT2D eigenvalue weighted by atomic mass is 35.5. The number of amides is 1. The zero-order valence-electron chi connectivity index (χ0n) is 12.4. The van der Waals surface area contributed by atoms with Crippen LogP contribution in [0.15, 0.2) is 36.4 Å². The summed E-state index contributed by atoms with van der Waals surface area (Å²) >= 11 is 5.53. The molecule has 0 spiro atoms. The predicted octanol–water partition coefficient (Wildman–Crippen LogP) is 3.98. The zero-order chi connectivity index (χ0) is 18.8. The van der Waals surface area contributed by atoms with E-state index in [1.54, 1.807) is 0 Å². The average molecular weight is 374 g/mol. The number of hydrogen-bond donors (Lipinski definition) is 2. The first-order valence-corrected chi connectivity index (χ1v) is 7.15. The molecule has 0 heterocycles. The number of primary amides is 1. The summed E-state index contributed by atoms with van der Waals surface area (Å²) in [5.41, 5.74) is 3.92. The fourth-order valence-corrected chi connectivity index (χ4v) is 2.31. The molecule has 2 aromatic carbocycles. The quantitative estimate of drug-likeness (QED) is 0.611. The van der Waals surface area contributed by atoms with Crippen molar-refractivity contribution < 1.29 is 22.9 Å². The van der Waals surface area contributed by atoms with Gasteiger partial charge in [0.15, 0.2) is 0 Å². The lowest BCUT2D eigenvalue weighted by atomic mass is 10.1. The van der Waals surface area contributed by atoms with Crippen LogP contribution < -0.4 is 11.1 Å². The molecule has 25 heavy (non-hydrogen) atoms. The van der Waals surface area contributed by atoms with Gasteiger partial charge in [0.05, 0.1) is 15.5 Å². The van der Waals surface area contributed by atoms with E-state index in [4.69, 9.17) is 17.3 Å². The van der Waals surface area contributed by atoms with Crippen molar-refractivity contribution in [3.8, 4) is 0 Å². The molecule has 0 unspecified atom stereocenters. The summed E-state index contributed by atoms with van der Waals surface area (Å²) in [6.07, 6.45) is -4.62. The third kappa shape index (κ3) is 4.38. The number of anilines is 1. The van der Waals surface area contributed by atoms with Crippen LogP contribution in [0.25, 0.3) is 0 Å². The molecule has 1 amide bonds. The third-order valence-corrected chi connectivity index (χ3v) is 3.65. The number of carbonyl (C=O) groups is 1. The number of halogens is 4. The molecule has 0 saturated carbocycles. The second-order valence-corrected chi connectivity index (χ2v) is 5.42. The van der Waals surface area contributed by atoms with Gasteiger partial charge in [-0.3, -0.25) is 14.9 Å². The Labute approximate surface area is 144 Å². The first-order valence-electron chi connectivity index (χ1n) is 6.77. The predicted molar refractivity (Wildman–Crippen MR) is 85.4 cm³/mol. The van der Waals surface area contributed by atoms with Crippen LogP contribution in [0.3, 0.4) is 0 Å². The van der Waals surface area contributed by atoms with Gasteiger partial charge in [-0.15, -0.1) is 0 Å². The topological polar surface area (TPSA) is 98.3 Å². The number of hydrogen-bond acceptors (Lipinski definition) is 4. The molecule has 2 rings (SSSR count). The average Bonchev–Trinajstić information content (AvgIpc) is 2.52. The fourth-order valence-electron chi connectivity index (χ4n) is 2.09. The van der Waals surface area contributed by atoms with Gasteiger partial charge in [-0.2, -0.15) is 13.2 Å². The van der Waals surface area contributed by atoms with E-state index in [0.717, 1.165) is 18.2 Å². The summed E-state index contributed by atoms with van der Waals surface area (Å²) in [5.74, 6) is -0.824. The molecule has 0 aliphatic carbocycles. The summed E-state index contributed by atoms with van der Waals surface area (Å²) in [4.78, 5) is 21.5. The molecule has 0 aliphatic heterocycles. The minimum atomic E-state index is -4.62. The second kappa shape index (κ2) is 6.98. The smallest absolute Gasteiger partial charge is 0.381 e. The van der Waals surface area contributed by atoms with Crippen LogP contribution in [0.5, 0.6) is 0 Å². The summed E-state index contributed by atoms with van der Waals surface area (Å²) in [5, 5.41) is 13.3. The summed E-state index contributed by atoms with van der Waals surface area (Å²) in [6, 6.07) is 6.84. The van der Waals surface area contributed by atoms with Gasteiger partial charge in [-0.1, -0.05) is 11.6 Å². The van der Waals surface area contributed by atoms with Crippen LogP contribution in [-0.4, -0.2) is 10.8 Å². The van der Waals surface area contributed by atoms with Gasteiger partial charge in [-0.25, -0.2) is 0 Å². The van der Waals surface area contributed by atoms with Crippen molar-refractivity contribution in [2.24, 2.45) is 5.73 Å². The number of benzene rings is 2. The highest BCUT2D eigenvalue weighted by Gasteiger charge is 2.33. The monoisotopic (exact) mass is 373 g/mol. The van der Waals surface area contributed by atoms with Crippen molar-refractivity contribution in [1.29, 1.82) is 0 Å². The molecule has 0 atom stereocenters. The van der Waals surface area contributed by atoms with Gasteiger partial charge in [0.25, 0.3) is 5.69 Å². The van der Waals surface area contributed by atoms with Crippen molar-refractivity contribution in [2.45, 2.75) is 12.7 Å². The molecule has 132 valence electrons. The first-order chi connectivity index (χ1) is 11.6. The Morgan fingerprint density at radius 2 is 1.92 bits per heavy atom. The van der Waals surface area contributed by atoms with Crippen LogP contribution in [0, 0.1) is 10.1 Å². The van der Waals surface area contributed by atoms with Crippen molar-refractivity contribution >= 4 is 28.9 Å². The van der Waals surface area contributed by atoms with Gasteiger partial charge in [0, 0.05) is 29.4 Å². The van der Waals surface area contributed by atoms with Crippen LogP contribution >= 0.6 is 11.6 Å². The van der Waals surface area contributed by atoms with Crippen molar-refractivity contribution in [3.63, 3.8) is 0 Å². The van der Waals surface area contributed by atoms with E-state index in [2.05, 4.69) is 5.32 Å². The standard InChI is InChI=1S/C15H11ClF3N3O3/c16-12-4-3-10(6-11(12)15(17,18)19)21-7-9-2-1-8(14(20)23)5-13(9)22(24)25/h1-6,21H,7H2,(H2,20,23). The van der Waals surface area contributed by atoms with Crippen LogP contribution in [0.2, 0.25) is 5.02 Å². The van der Waals surface area contributed by atoms with E-state index >= 15 is 0 Å². The summed E-state index contributed by atoms with van der Waals surface area (Å²) in [6.45, 7) is -0.131. The SMILES string of the molecule is NC(=O)c1ccc(CNc2ccc(Cl)c(C(F)(F)F)c2)c([N+](=O)[O-])c1. The highest BCUT2D eigenvalue weighted by Crippen LogP contribution is 2.36. The largest absolute Gasteiger partial charge is 0.417 e. The van der Waals surface area contributed by atoms with E-state index < -0.39 is 27.6 Å². The maximum Gasteiger partial charge on any atom is 0.417 e. The Morgan fingerprint density at radius 1 is 1.24 bits per heavy atom. The number of nitrogens with zero attached hydrogens (tertiary/aromatic N) is 1. The number of nitro groups is 1. The van der Waals surface area contributed by atoms with E-state index in [-0.39, 0.29) is 29.0 Å². The van der Waals surface area contributed by atoms with E-state index in [1.807, 2.05) is 0 Å². The van der Waals surface area contributed by atoms with E-state index in [9.17, 15) is 28.1 Å². The Balaban J connectivity index is 2.27. The van der Waals surface area contributed by atoms with E-state index in [0.29, 0.717) is 0 Å². The normalized spacial score (nSPS) is 11.2. The number of rotatable bonds is 5. The van der Waals surface area contributed by atoms with Crippen molar-refractivity contribution in [3.05, 3.63) is 68.2 Å². The highest BCUT2D eigenvalue weighted by molar-refractivity contribution is 6.31. The molecular formula is C15H11ClF3N3O3. The number of nitrogens with one attached hydrogen (secondary N) is 1. The molecule has 0 radical (unpaired) electrons. The number of alkyl halides is 3. The maximum absolute atomic E-state index is 12.8. The Bertz CT molecular complexity index is 841. The maximum atomic E-state index is 12.8. The zero-order valence-corrected chi connectivity index (χ0v) is 13.2. The lowest BCUT2D eigenvalue weighted by Crippen LogP contribution is -2.12. The summed E-state index contributed by atoms with van der Waals surface area (Å²) < 4.78 is 38.5. The molecule has 0 aromatic heterocycles. The summed E-state index contributed by atoms with van der Waals surface area (Å²) in [7, 11) is 0. The molecule has 6 nitrogen and oxygen atoms in total. The lowest BCUT2D eigenvalue weighted by Gasteiger charge is -2.12. The Kier molecular flexibility index (Phi) is 5.17. The third-order valence-electron chi connectivity index (χ3n) is 3.32. The first kappa shape index (κ1) is 18.5. The van der Waals surface area contributed by atoms with Crippen LogP contribution in [0.4, 0.5) is 24.5 Å². The van der Waals surface area contributed by atoms with Crippen LogP contribution in [-0.2, 0) is 12.7 Å². The number of carbonyl (C=O) groups excluding carboxylic acids is 1. The Morgan fingerprint density at radius 3 is 2.48 bits per heavy atom. The fraction of sp³-hybridized carbons (Fsp3) is 0.133. The molecule has 0 fully saturated rings. The molecular weight excluding hydrogens is 363 g/mol. The minimum Gasteiger partial charge on any atom is -0.381 e. The van der Waals surface area contributed by atoms with Gasteiger partial charge in [0.2, 0.25) is 5.91 Å².